The van der Waals surface area contributed by atoms with Gasteiger partial charge in [-0.05, 0) is 49.0 Å². The summed E-state index contributed by atoms with van der Waals surface area (Å²) in [6, 6.07) is 10.1. The first-order valence-electron chi connectivity index (χ1n) is 7.47. The van der Waals surface area contributed by atoms with Crippen molar-refractivity contribution < 1.29 is 4.39 Å². The second-order valence-corrected chi connectivity index (χ2v) is 6.63. The van der Waals surface area contributed by atoms with Crippen molar-refractivity contribution in [2.75, 3.05) is 20.1 Å². The van der Waals surface area contributed by atoms with Crippen LogP contribution in [-0.4, -0.2) is 31.1 Å². The summed E-state index contributed by atoms with van der Waals surface area (Å²) in [5.41, 5.74) is 1.84. The molecule has 0 atom stereocenters. The third-order valence-electron chi connectivity index (χ3n) is 3.96. The lowest BCUT2D eigenvalue weighted by Gasteiger charge is -2.15. The second kappa shape index (κ2) is 6.69. The minimum Gasteiger partial charge on any atom is -0.311 e. The molecular formula is C17H21FN2S. The topological polar surface area (TPSA) is 15.3 Å². The summed E-state index contributed by atoms with van der Waals surface area (Å²) in [6.07, 6.45) is 2.69. The third-order valence-corrected chi connectivity index (χ3v) is 4.86. The Kier molecular flexibility index (Phi) is 4.68. The highest BCUT2D eigenvalue weighted by Crippen LogP contribution is 2.28. The molecule has 3 rings (SSSR count). The maximum absolute atomic E-state index is 13.9. The predicted octanol–water partition coefficient (Wildman–Crippen LogP) is 3.74. The number of benzene rings is 1. The molecule has 112 valence electrons. The molecule has 0 amide bonds. The molecule has 21 heavy (non-hydrogen) atoms. The van der Waals surface area contributed by atoms with Gasteiger partial charge in [-0.2, -0.15) is 0 Å². The number of halogens is 1. The van der Waals surface area contributed by atoms with Crippen LogP contribution in [0.25, 0.3) is 10.4 Å². The van der Waals surface area contributed by atoms with E-state index < -0.39 is 0 Å². The molecule has 1 aliphatic carbocycles. The van der Waals surface area contributed by atoms with E-state index in [4.69, 9.17) is 0 Å². The largest absolute Gasteiger partial charge is 0.311 e. The fourth-order valence-electron chi connectivity index (χ4n) is 2.49. The number of thiophene rings is 1. The minimum absolute atomic E-state index is 0.144. The molecular weight excluding hydrogens is 283 g/mol. The molecule has 0 unspecified atom stereocenters. The van der Waals surface area contributed by atoms with Gasteiger partial charge in [0, 0.05) is 36.1 Å². The third kappa shape index (κ3) is 3.90. The average molecular weight is 304 g/mol. The van der Waals surface area contributed by atoms with Crippen molar-refractivity contribution in [1.82, 2.24) is 10.2 Å². The molecule has 1 saturated carbocycles. The van der Waals surface area contributed by atoms with E-state index in [9.17, 15) is 4.39 Å². The molecule has 1 aromatic heterocycles. The molecule has 1 N–H and O–H groups in total. The number of rotatable bonds is 7. The van der Waals surface area contributed by atoms with Crippen molar-refractivity contribution in [2.45, 2.75) is 25.4 Å². The van der Waals surface area contributed by atoms with Gasteiger partial charge in [0.1, 0.15) is 5.82 Å². The zero-order valence-electron chi connectivity index (χ0n) is 12.3. The van der Waals surface area contributed by atoms with E-state index in [2.05, 4.69) is 17.3 Å². The van der Waals surface area contributed by atoms with E-state index in [-0.39, 0.29) is 5.82 Å². The lowest BCUT2D eigenvalue weighted by atomic mass is 10.1. The highest BCUT2D eigenvalue weighted by molar-refractivity contribution is 7.13. The van der Waals surface area contributed by atoms with Crippen LogP contribution in [0.15, 0.2) is 35.7 Å². The lowest BCUT2D eigenvalue weighted by Crippen LogP contribution is -2.30. The molecule has 4 heteroatoms. The molecule has 2 nitrogen and oxygen atoms in total. The summed E-state index contributed by atoms with van der Waals surface area (Å²) in [7, 11) is 2.19. The Balaban J connectivity index is 1.54. The van der Waals surface area contributed by atoms with Crippen LogP contribution in [0.3, 0.4) is 0 Å². The first-order chi connectivity index (χ1) is 10.2. The summed E-state index contributed by atoms with van der Waals surface area (Å²) in [6.45, 7) is 2.83. The minimum atomic E-state index is -0.144. The molecule has 0 saturated heterocycles. The summed E-state index contributed by atoms with van der Waals surface area (Å²) < 4.78 is 13.9. The van der Waals surface area contributed by atoms with Crippen LogP contribution in [0.4, 0.5) is 4.39 Å². The molecule has 1 aromatic carbocycles. The summed E-state index contributed by atoms with van der Waals surface area (Å²) >= 11 is 1.57. The number of hydrogen-bond donors (Lipinski definition) is 1. The van der Waals surface area contributed by atoms with Crippen molar-refractivity contribution in [3.05, 3.63) is 47.1 Å². The Morgan fingerprint density at radius 3 is 2.90 bits per heavy atom. The molecule has 0 bridgehead atoms. The molecule has 1 fully saturated rings. The highest BCUT2D eigenvalue weighted by atomic mass is 32.1. The lowest BCUT2D eigenvalue weighted by molar-refractivity contribution is 0.321. The van der Waals surface area contributed by atoms with Gasteiger partial charge in [-0.25, -0.2) is 4.39 Å². The SMILES string of the molecule is CN(CCNCc1ccc(F)c(-c2cccs2)c1)C1CC1. The van der Waals surface area contributed by atoms with E-state index in [0.717, 1.165) is 36.1 Å². The van der Waals surface area contributed by atoms with E-state index in [1.54, 1.807) is 17.4 Å². The van der Waals surface area contributed by atoms with Gasteiger partial charge in [-0.1, -0.05) is 12.1 Å². The normalized spacial score (nSPS) is 14.8. The van der Waals surface area contributed by atoms with Gasteiger partial charge in [0.2, 0.25) is 0 Å². The van der Waals surface area contributed by atoms with Gasteiger partial charge in [0.05, 0.1) is 0 Å². The van der Waals surface area contributed by atoms with Gasteiger partial charge in [-0.3, -0.25) is 0 Å². The van der Waals surface area contributed by atoms with Crippen molar-refractivity contribution in [2.24, 2.45) is 0 Å². The number of nitrogens with one attached hydrogen (secondary N) is 1. The van der Waals surface area contributed by atoms with E-state index in [1.165, 1.54) is 12.8 Å². The van der Waals surface area contributed by atoms with Gasteiger partial charge in [-0.15, -0.1) is 11.3 Å². The molecule has 1 aliphatic rings. The molecule has 1 heterocycles. The number of nitrogens with zero attached hydrogens (tertiary/aromatic N) is 1. The van der Waals surface area contributed by atoms with Crippen molar-refractivity contribution >= 4 is 11.3 Å². The Morgan fingerprint density at radius 1 is 1.33 bits per heavy atom. The molecule has 2 aromatic rings. The van der Waals surface area contributed by atoms with Gasteiger partial charge < -0.3 is 10.2 Å². The van der Waals surface area contributed by atoms with E-state index in [0.29, 0.717) is 5.56 Å². The monoisotopic (exact) mass is 304 g/mol. The van der Waals surface area contributed by atoms with Crippen molar-refractivity contribution in [3.8, 4) is 10.4 Å². The molecule has 0 spiro atoms. The Labute approximate surface area is 129 Å². The van der Waals surface area contributed by atoms with Crippen LogP contribution in [0.1, 0.15) is 18.4 Å². The van der Waals surface area contributed by atoms with E-state index >= 15 is 0 Å². The van der Waals surface area contributed by atoms with Crippen LogP contribution >= 0.6 is 11.3 Å². The van der Waals surface area contributed by atoms with E-state index in [1.807, 2.05) is 29.6 Å². The Hall–Kier alpha value is -1.23. The molecule has 0 radical (unpaired) electrons. The van der Waals surface area contributed by atoms with Crippen LogP contribution in [0.2, 0.25) is 0 Å². The first-order valence-corrected chi connectivity index (χ1v) is 8.35. The van der Waals surface area contributed by atoms with Crippen LogP contribution in [0, 0.1) is 5.82 Å². The first kappa shape index (κ1) is 14.7. The standard InChI is InChI=1S/C17H21FN2S/c1-20(14-5-6-14)9-8-19-12-13-4-7-16(18)15(11-13)17-3-2-10-21-17/h2-4,7,10-11,14,19H,5-6,8-9,12H2,1H3. The second-order valence-electron chi connectivity index (χ2n) is 5.68. The Bertz CT molecular complexity index is 578. The zero-order chi connectivity index (χ0) is 14.7. The predicted molar refractivity (Wildman–Crippen MR) is 87.1 cm³/mol. The summed E-state index contributed by atoms with van der Waals surface area (Å²) in [4.78, 5) is 3.40. The number of likely N-dealkylation sites (N-methyl/N-ethyl adjacent to an activating group) is 1. The fourth-order valence-corrected chi connectivity index (χ4v) is 3.23. The quantitative estimate of drug-likeness (QED) is 0.784. The highest BCUT2D eigenvalue weighted by Gasteiger charge is 2.25. The van der Waals surface area contributed by atoms with Crippen LogP contribution in [0.5, 0.6) is 0 Å². The maximum atomic E-state index is 13.9. The van der Waals surface area contributed by atoms with Crippen molar-refractivity contribution in [3.63, 3.8) is 0 Å². The number of hydrogen-bond acceptors (Lipinski definition) is 3. The van der Waals surface area contributed by atoms with Crippen molar-refractivity contribution in [1.29, 1.82) is 0 Å². The van der Waals surface area contributed by atoms with Crippen LogP contribution in [-0.2, 0) is 6.54 Å². The van der Waals surface area contributed by atoms with Gasteiger partial charge in [0.15, 0.2) is 0 Å². The average Bonchev–Trinajstić information content (AvgIpc) is 3.21. The maximum Gasteiger partial charge on any atom is 0.131 e. The van der Waals surface area contributed by atoms with Crippen LogP contribution < -0.4 is 5.32 Å². The Morgan fingerprint density at radius 2 is 2.19 bits per heavy atom. The summed E-state index contributed by atoms with van der Waals surface area (Å²) in [5, 5.41) is 5.43. The fraction of sp³-hybridized carbons (Fsp3) is 0.412. The molecule has 0 aliphatic heterocycles. The summed E-state index contributed by atoms with van der Waals surface area (Å²) in [5.74, 6) is -0.144. The van der Waals surface area contributed by atoms with Gasteiger partial charge >= 0.3 is 0 Å². The zero-order valence-corrected chi connectivity index (χ0v) is 13.1. The van der Waals surface area contributed by atoms with Gasteiger partial charge in [0.25, 0.3) is 0 Å². The smallest absolute Gasteiger partial charge is 0.131 e.